The second kappa shape index (κ2) is 12.7. The number of aliphatic hydroxyl groups excluding tert-OH is 1. The zero-order valence-electron chi connectivity index (χ0n) is 22.6. The number of piperidine rings is 2. The topological polar surface area (TPSA) is 115 Å². The van der Waals surface area contributed by atoms with E-state index in [0.717, 1.165) is 38.8 Å². The standard InChI is InChI=1S/C29H36ClFN6O3/c30-25-17-24(4-1-20(25)18-32)40-23-5-2-21(3-6-23)33-28(39)26-7-8-27(35-34-26)37-15-11-29(31,12-16-37)19-36-13-9-22(38)10-14-36/h1,4,7-8,17,21-23,38H,2-3,5-6,9-16,19H2,(H,33,39). The number of halogens is 2. The van der Waals surface area contributed by atoms with Crippen LogP contribution >= 0.6 is 11.6 Å². The van der Waals surface area contributed by atoms with Gasteiger partial charge in [-0.15, -0.1) is 10.2 Å². The van der Waals surface area contributed by atoms with Crippen LogP contribution in [0.5, 0.6) is 5.75 Å². The highest BCUT2D eigenvalue weighted by Crippen LogP contribution is 2.31. The number of amides is 1. The summed E-state index contributed by atoms with van der Waals surface area (Å²) >= 11 is 6.10. The number of aliphatic hydroxyl groups is 1. The number of carbonyl (C=O) groups is 1. The lowest BCUT2D eigenvalue weighted by Gasteiger charge is -2.41. The first-order chi connectivity index (χ1) is 19.3. The Morgan fingerprint density at radius 3 is 2.45 bits per heavy atom. The van der Waals surface area contributed by atoms with Gasteiger partial charge in [0.15, 0.2) is 11.5 Å². The molecule has 11 heteroatoms. The number of ether oxygens (including phenoxy) is 1. The number of benzene rings is 1. The highest BCUT2D eigenvalue weighted by atomic mass is 35.5. The second-order valence-corrected chi connectivity index (χ2v) is 11.6. The fraction of sp³-hybridized carbons (Fsp3) is 0.586. The SMILES string of the molecule is N#Cc1ccc(OC2CCC(NC(=O)c3ccc(N4CCC(F)(CN5CCC(O)CC5)CC4)nn3)CC2)cc1Cl. The summed E-state index contributed by atoms with van der Waals surface area (Å²) in [6.07, 6.45) is 5.17. The van der Waals surface area contributed by atoms with Crippen LogP contribution in [0.2, 0.25) is 5.02 Å². The lowest BCUT2D eigenvalue weighted by molar-refractivity contribution is 0.0277. The van der Waals surface area contributed by atoms with Crippen molar-refractivity contribution < 1.29 is 19.0 Å². The zero-order chi connectivity index (χ0) is 28.1. The van der Waals surface area contributed by atoms with E-state index in [0.29, 0.717) is 67.5 Å². The third-order valence-corrected chi connectivity index (χ3v) is 8.62. The fourth-order valence-electron chi connectivity index (χ4n) is 5.82. The van der Waals surface area contributed by atoms with Gasteiger partial charge in [-0.3, -0.25) is 9.69 Å². The molecule has 9 nitrogen and oxygen atoms in total. The molecule has 0 spiro atoms. The van der Waals surface area contributed by atoms with Crippen molar-refractivity contribution >= 4 is 23.3 Å². The summed E-state index contributed by atoms with van der Waals surface area (Å²) in [7, 11) is 0. The Morgan fingerprint density at radius 1 is 1.10 bits per heavy atom. The maximum atomic E-state index is 15.5. The van der Waals surface area contributed by atoms with Crippen LogP contribution in [0.4, 0.5) is 10.2 Å². The predicted octanol–water partition coefficient (Wildman–Crippen LogP) is 3.89. The summed E-state index contributed by atoms with van der Waals surface area (Å²) in [5.41, 5.74) is -0.552. The maximum Gasteiger partial charge on any atom is 0.272 e. The van der Waals surface area contributed by atoms with Gasteiger partial charge >= 0.3 is 0 Å². The number of alkyl halides is 1. The molecule has 40 heavy (non-hydrogen) atoms. The number of nitrogens with one attached hydrogen (secondary N) is 1. The molecule has 1 aliphatic carbocycles. The van der Waals surface area contributed by atoms with Crippen molar-refractivity contribution in [3.8, 4) is 11.8 Å². The van der Waals surface area contributed by atoms with Gasteiger partial charge in [-0.05, 0) is 62.8 Å². The third-order valence-electron chi connectivity index (χ3n) is 8.30. The van der Waals surface area contributed by atoms with Gasteiger partial charge < -0.3 is 20.1 Å². The third kappa shape index (κ3) is 7.19. The molecular weight excluding hydrogens is 535 g/mol. The van der Waals surface area contributed by atoms with E-state index in [1.807, 2.05) is 11.0 Å². The van der Waals surface area contributed by atoms with Gasteiger partial charge in [-0.25, -0.2) is 4.39 Å². The number of carbonyl (C=O) groups excluding carboxylic acids is 1. The Balaban J connectivity index is 1.05. The van der Waals surface area contributed by atoms with E-state index in [1.54, 1.807) is 30.3 Å². The minimum absolute atomic E-state index is 0.0246. The molecule has 1 aromatic heterocycles. The van der Waals surface area contributed by atoms with Crippen LogP contribution in [0.1, 0.15) is 67.4 Å². The summed E-state index contributed by atoms with van der Waals surface area (Å²) in [6.45, 7) is 3.00. The molecule has 3 fully saturated rings. The van der Waals surface area contributed by atoms with Gasteiger partial charge in [0.25, 0.3) is 5.91 Å². The average molecular weight is 571 g/mol. The maximum absolute atomic E-state index is 15.5. The molecule has 0 atom stereocenters. The van der Waals surface area contributed by atoms with E-state index >= 15 is 4.39 Å². The van der Waals surface area contributed by atoms with Crippen LogP contribution < -0.4 is 15.0 Å². The van der Waals surface area contributed by atoms with Gasteiger partial charge in [-0.2, -0.15) is 5.26 Å². The summed E-state index contributed by atoms with van der Waals surface area (Å²) in [5.74, 6) is 1.04. The van der Waals surface area contributed by atoms with Gasteiger partial charge in [-0.1, -0.05) is 11.6 Å². The second-order valence-electron chi connectivity index (χ2n) is 11.2. The van der Waals surface area contributed by atoms with E-state index < -0.39 is 5.67 Å². The van der Waals surface area contributed by atoms with Crippen molar-refractivity contribution in [2.75, 3.05) is 37.6 Å². The molecule has 3 aliphatic rings. The van der Waals surface area contributed by atoms with Crippen molar-refractivity contribution in [1.82, 2.24) is 20.4 Å². The number of nitrogens with zero attached hydrogens (tertiary/aromatic N) is 5. The van der Waals surface area contributed by atoms with E-state index in [-0.39, 0.29) is 29.9 Å². The predicted molar refractivity (Wildman–Crippen MR) is 149 cm³/mol. The molecule has 3 heterocycles. The molecule has 2 N–H and O–H groups in total. The van der Waals surface area contributed by atoms with Crippen molar-refractivity contribution in [3.63, 3.8) is 0 Å². The normalized spacial score (nSPS) is 23.8. The largest absolute Gasteiger partial charge is 0.490 e. The van der Waals surface area contributed by atoms with Crippen LogP contribution in [0.25, 0.3) is 0 Å². The molecule has 2 aliphatic heterocycles. The molecule has 2 saturated heterocycles. The molecule has 5 rings (SSSR count). The van der Waals surface area contributed by atoms with Crippen LogP contribution in [0.3, 0.4) is 0 Å². The van der Waals surface area contributed by atoms with Crippen LogP contribution in [0.15, 0.2) is 30.3 Å². The zero-order valence-corrected chi connectivity index (χ0v) is 23.3. The minimum Gasteiger partial charge on any atom is -0.490 e. The number of likely N-dealkylation sites (tertiary alicyclic amines) is 1. The smallest absolute Gasteiger partial charge is 0.272 e. The first-order valence-corrected chi connectivity index (χ1v) is 14.5. The van der Waals surface area contributed by atoms with Crippen molar-refractivity contribution in [3.05, 3.63) is 46.6 Å². The van der Waals surface area contributed by atoms with Crippen LogP contribution in [0, 0.1) is 11.3 Å². The number of anilines is 1. The highest BCUT2D eigenvalue weighted by Gasteiger charge is 2.37. The number of hydrogen-bond acceptors (Lipinski definition) is 8. The Morgan fingerprint density at radius 2 is 1.82 bits per heavy atom. The minimum atomic E-state index is -1.23. The summed E-state index contributed by atoms with van der Waals surface area (Å²) in [6, 6.07) is 10.6. The first kappa shape index (κ1) is 28.5. The summed E-state index contributed by atoms with van der Waals surface area (Å²) in [4.78, 5) is 16.9. The Kier molecular flexibility index (Phi) is 9.03. The fourth-order valence-corrected chi connectivity index (χ4v) is 6.04. The van der Waals surface area contributed by atoms with Gasteiger partial charge in [0.05, 0.1) is 22.8 Å². The van der Waals surface area contributed by atoms with E-state index in [2.05, 4.69) is 20.4 Å². The van der Waals surface area contributed by atoms with E-state index in [1.165, 1.54) is 0 Å². The van der Waals surface area contributed by atoms with Gasteiger partial charge in [0.2, 0.25) is 0 Å². The Bertz CT molecular complexity index is 1200. The molecule has 1 amide bonds. The molecule has 0 unspecified atom stereocenters. The summed E-state index contributed by atoms with van der Waals surface area (Å²) in [5, 5.41) is 30.6. The number of nitriles is 1. The van der Waals surface area contributed by atoms with Gasteiger partial charge in [0, 0.05) is 57.7 Å². The van der Waals surface area contributed by atoms with E-state index in [9.17, 15) is 9.90 Å². The van der Waals surface area contributed by atoms with Crippen LogP contribution in [-0.2, 0) is 0 Å². The number of aromatic nitrogens is 2. The summed E-state index contributed by atoms with van der Waals surface area (Å²) < 4.78 is 21.5. The first-order valence-electron chi connectivity index (χ1n) is 14.2. The molecule has 1 saturated carbocycles. The Labute approximate surface area is 239 Å². The number of hydrogen-bond donors (Lipinski definition) is 2. The molecule has 1 aromatic carbocycles. The average Bonchev–Trinajstić information content (AvgIpc) is 2.96. The lowest BCUT2D eigenvalue weighted by Crippen LogP contribution is -2.50. The number of rotatable bonds is 7. The monoisotopic (exact) mass is 570 g/mol. The quantitative estimate of drug-likeness (QED) is 0.515. The Hall–Kier alpha value is -3.00. The molecular formula is C29H36ClFN6O3. The molecule has 214 valence electrons. The highest BCUT2D eigenvalue weighted by molar-refractivity contribution is 6.31. The molecule has 2 aromatic rings. The van der Waals surface area contributed by atoms with Crippen molar-refractivity contribution in [1.29, 1.82) is 5.26 Å². The molecule has 0 radical (unpaired) electrons. The van der Waals surface area contributed by atoms with Crippen LogP contribution in [-0.4, -0.2) is 82.8 Å². The van der Waals surface area contributed by atoms with E-state index in [4.69, 9.17) is 21.6 Å². The molecule has 0 bridgehead atoms. The van der Waals surface area contributed by atoms with Gasteiger partial charge in [0.1, 0.15) is 17.5 Å². The lowest BCUT2D eigenvalue weighted by atomic mass is 9.91. The van der Waals surface area contributed by atoms with Crippen molar-refractivity contribution in [2.24, 2.45) is 0 Å². The van der Waals surface area contributed by atoms with Crippen molar-refractivity contribution in [2.45, 2.75) is 75.3 Å².